The summed E-state index contributed by atoms with van der Waals surface area (Å²) in [5.74, 6) is -0.222. The van der Waals surface area contributed by atoms with E-state index in [-0.39, 0.29) is 25.7 Å². The minimum Gasteiger partial charge on any atom is -0.387 e. The molecule has 39 heavy (non-hydrogen) atoms. The van der Waals surface area contributed by atoms with Gasteiger partial charge in [-0.3, -0.25) is 13.8 Å². The molecule has 0 fully saturated rings. The number of allylic oxidation sites excluding steroid dienone is 5. The Balaban J connectivity index is 4.54. The molecule has 228 valence electrons. The molecule has 0 rings (SSSR count). The minimum atomic E-state index is -4.33. The Hall–Kier alpha value is -1.28. The smallest absolute Gasteiger partial charge is 0.387 e. The van der Waals surface area contributed by atoms with Gasteiger partial charge in [0.2, 0.25) is 5.91 Å². The van der Waals surface area contributed by atoms with Crippen molar-refractivity contribution in [1.82, 2.24) is 5.32 Å². The van der Waals surface area contributed by atoms with Gasteiger partial charge in [0.1, 0.15) is 0 Å². The number of amides is 1. The quantitative estimate of drug-likeness (QED) is 0.0480. The first-order valence-corrected chi connectivity index (χ1v) is 16.6. The van der Waals surface area contributed by atoms with Gasteiger partial charge in [-0.2, -0.15) is 0 Å². The molecular formula is C30H57N2O6P. The van der Waals surface area contributed by atoms with E-state index in [1.54, 1.807) is 6.08 Å². The van der Waals surface area contributed by atoms with Crippen molar-refractivity contribution in [3.8, 4) is 0 Å². The predicted molar refractivity (Wildman–Crippen MR) is 161 cm³/mol. The first-order chi connectivity index (χ1) is 18.9. The van der Waals surface area contributed by atoms with E-state index in [0.717, 1.165) is 64.2 Å². The number of phosphoric ester groups is 1. The summed E-state index contributed by atoms with van der Waals surface area (Å²) in [7, 11) is -4.33. The highest BCUT2D eigenvalue weighted by atomic mass is 31.2. The maximum Gasteiger partial charge on any atom is 0.472 e. The number of carbonyl (C=O) groups is 1. The topological polar surface area (TPSA) is 131 Å². The van der Waals surface area contributed by atoms with Gasteiger partial charge >= 0.3 is 7.82 Å². The maximum atomic E-state index is 12.5. The molecule has 3 unspecified atom stereocenters. The van der Waals surface area contributed by atoms with E-state index in [2.05, 4.69) is 43.5 Å². The fourth-order valence-corrected chi connectivity index (χ4v) is 4.59. The van der Waals surface area contributed by atoms with E-state index in [9.17, 15) is 19.4 Å². The van der Waals surface area contributed by atoms with Gasteiger partial charge in [-0.05, 0) is 51.4 Å². The molecule has 0 aromatic rings. The molecule has 9 heteroatoms. The van der Waals surface area contributed by atoms with Crippen molar-refractivity contribution in [2.24, 2.45) is 5.73 Å². The largest absolute Gasteiger partial charge is 0.472 e. The van der Waals surface area contributed by atoms with Crippen LogP contribution in [0.3, 0.4) is 0 Å². The number of nitrogens with one attached hydrogen (secondary N) is 1. The van der Waals surface area contributed by atoms with Crippen molar-refractivity contribution >= 4 is 13.7 Å². The lowest BCUT2D eigenvalue weighted by atomic mass is 10.1. The normalized spacial score (nSPS) is 15.3. The molecule has 0 aromatic carbocycles. The molecule has 0 aromatic heterocycles. The Bertz CT molecular complexity index is 714. The fraction of sp³-hybridized carbons (Fsp3) is 0.767. The highest BCUT2D eigenvalue weighted by molar-refractivity contribution is 7.47. The number of aliphatic hydroxyl groups excluding tert-OH is 1. The van der Waals surface area contributed by atoms with Gasteiger partial charge in [0.15, 0.2) is 0 Å². The molecule has 0 spiro atoms. The average molecular weight is 573 g/mol. The van der Waals surface area contributed by atoms with Gasteiger partial charge in [-0.1, -0.05) is 95.2 Å². The summed E-state index contributed by atoms with van der Waals surface area (Å²) < 4.78 is 21.8. The van der Waals surface area contributed by atoms with Crippen LogP contribution in [0.2, 0.25) is 0 Å². The van der Waals surface area contributed by atoms with Gasteiger partial charge in [0, 0.05) is 13.0 Å². The summed E-state index contributed by atoms with van der Waals surface area (Å²) in [6.07, 6.45) is 27.7. The van der Waals surface area contributed by atoms with E-state index in [0.29, 0.717) is 6.42 Å². The van der Waals surface area contributed by atoms with Crippen LogP contribution in [0, 0.1) is 0 Å². The van der Waals surface area contributed by atoms with Crippen molar-refractivity contribution in [2.75, 3.05) is 19.8 Å². The monoisotopic (exact) mass is 572 g/mol. The number of carbonyl (C=O) groups excluding carboxylic acids is 1. The standard InChI is InChI=1S/C30H57N2O6P/c1-3-5-7-9-11-13-14-16-18-20-22-24-30(34)32-28(27-38-39(35,36)37-26-25-31)29(33)23-21-19-17-15-12-10-8-6-4-2/h9,11-12,15,21,23,28-29,33H,3-8,10,13-14,16-20,22,24-27,31H2,1-2H3,(H,32,34)(H,35,36)/b11-9-,15-12+,23-21+. The molecule has 0 radical (unpaired) electrons. The second-order valence-electron chi connectivity index (χ2n) is 9.94. The molecule has 0 bridgehead atoms. The third-order valence-electron chi connectivity index (χ3n) is 6.19. The Kier molecular flexibility index (Phi) is 26.0. The zero-order valence-corrected chi connectivity index (χ0v) is 25.5. The van der Waals surface area contributed by atoms with Crippen molar-refractivity contribution in [3.05, 3.63) is 36.5 Å². The van der Waals surface area contributed by atoms with Crippen molar-refractivity contribution in [2.45, 2.75) is 129 Å². The summed E-state index contributed by atoms with van der Waals surface area (Å²) >= 11 is 0. The lowest BCUT2D eigenvalue weighted by Crippen LogP contribution is -2.45. The lowest BCUT2D eigenvalue weighted by molar-refractivity contribution is -0.123. The van der Waals surface area contributed by atoms with Crippen LogP contribution in [-0.4, -0.2) is 47.8 Å². The second kappa shape index (κ2) is 26.9. The SMILES string of the molecule is CCCC/C=C\CCCCCCCC(=O)NC(COP(=O)(O)OCCN)C(O)/C=C/CC/C=C/CCCCC. The molecule has 0 heterocycles. The Morgan fingerprint density at radius 1 is 0.821 bits per heavy atom. The molecule has 8 nitrogen and oxygen atoms in total. The van der Waals surface area contributed by atoms with Crippen LogP contribution in [-0.2, 0) is 18.4 Å². The molecule has 0 saturated heterocycles. The Morgan fingerprint density at radius 2 is 1.38 bits per heavy atom. The number of hydrogen-bond donors (Lipinski definition) is 4. The van der Waals surface area contributed by atoms with Gasteiger partial charge in [0.25, 0.3) is 0 Å². The summed E-state index contributed by atoms with van der Waals surface area (Å²) in [5, 5.41) is 13.4. The number of rotatable bonds is 27. The molecule has 0 saturated carbocycles. The molecule has 0 aliphatic carbocycles. The first-order valence-electron chi connectivity index (χ1n) is 15.1. The summed E-state index contributed by atoms with van der Waals surface area (Å²) in [5.41, 5.74) is 5.31. The predicted octanol–water partition coefficient (Wildman–Crippen LogP) is 6.87. The molecule has 3 atom stereocenters. The van der Waals surface area contributed by atoms with Gasteiger partial charge in [-0.15, -0.1) is 0 Å². The average Bonchev–Trinajstić information content (AvgIpc) is 2.91. The van der Waals surface area contributed by atoms with E-state index >= 15 is 0 Å². The lowest BCUT2D eigenvalue weighted by Gasteiger charge is -2.23. The summed E-state index contributed by atoms with van der Waals surface area (Å²) in [6.45, 7) is 3.96. The molecule has 1 amide bonds. The zero-order chi connectivity index (χ0) is 29.0. The van der Waals surface area contributed by atoms with Crippen LogP contribution >= 0.6 is 7.82 Å². The van der Waals surface area contributed by atoms with Crippen LogP contribution in [0.4, 0.5) is 0 Å². The Labute approximate surface area is 238 Å². The van der Waals surface area contributed by atoms with Crippen molar-refractivity contribution in [1.29, 1.82) is 0 Å². The number of aliphatic hydroxyl groups is 1. The van der Waals surface area contributed by atoms with Crippen LogP contribution in [0.15, 0.2) is 36.5 Å². The third-order valence-corrected chi connectivity index (χ3v) is 7.17. The summed E-state index contributed by atoms with van der Waals surface area (Å²) in [4.78, 5) is 22.3. The zero-order valence-electron chi connectivity index (χ0n) is 24.6. The second-order valence-corrected chi connectivity index (χ2v) is 11.4. The van der Waals surface area contributed by atoms with E-state index in [1.807, 2.05) is 6.08 Å². The molecule has 5 N–H and O–H groups in total. The van der Waals surface area contributed by atoms with Crippen LogP contribution in [0.1, 0.15) is 117 Å². The number of unbranched alkanes of at least 4 members (excludes halogenated alkanes) is 11. The molecule has 0 aliphatic rings. The van der Waals surface area contributed by atoms with Crippen molar-refractivity contribution < 1.29 is 28.4 Å². The molecule has 0 aliphatic heterocycles. The van der Waals surface area contributed by atoms with E-state index < -0.39 is 20.0 Å². The number of hydrogen-bond acceptors (Lipinski definition) is 6. The first kappa shape index (κ1) is 37.7. The highest BCUT2D eigenvalue weighted by Crippen LogP contribution is 2.43. The fourth-order valence-electron chi connectivity index (χ4n) is 3.83. The van der Waals surface area contributed by atoms with E-state index in [1.165, 1.54) is 32.1 Å². The molecular weight excluding hydrogens is 515 g/mol. The van der Waals surface area contributed by atoms with Crippen molar-refractivity contribution in [3.63, 3.8) is 0 Å². The number of phosphoric acid groups is 1. The van der Waals surface area contributed by atoms with Crippen LogP contribution in [0.5, 0.6) is 0 Å². The highest BCUT2D eigenvalue weighted by Gasteiger charge is 2.26. The van der Waals surface area contributed by atoms with E-state index in [4.69, 9.17) is 14.8 Å². The van der Waals surface area contributed by atoms with Gasteiger partial charge in [0.05, 0.1) is 25.4 Å². The van der Waals surface area contributed by atoms with Crippen LogP contribution < -0.4 is 11.1 Å². The number of nitrogens with two attached hydrogens (primary N) is 1. The maximum absolute atomic E-state index is 12.5. The van der Waals surface area contributed by atoms with Gasteiger partial charge < -0.3 is 21.1 Å². The minimum absolute atomic E-state index is 0.0716. The van der Waals surface area contributed by atoms with Crippen LogP contribution in [0.25, 0.3) is 0 Å². The third kappa shape index (κ3) is 25.4. The Morgan fingerprint density at radius 3 is 2.05 bits per heavy atom. The van der Waals surface area contributed by atoms with Gasteiger partial charge in [-0.25, -0.2) is 4.57 Å². The summed E-state index contributed by atoms with van der Waals surface area (Å²) in [6, 6.07) is -0.875.